The van der Waals surface area contributed by atoms with Gasteiger partial charge in [0, 0.05) is 19.3 Å². The highest BCUT2D eigenvalue weighted by Crippen LogP contribution is 2.36. The zero-order valence-electron chi connectivity index (χ0n) is 16.0. The number of benzene rings is 1. The largest absolute Gasteiger partial charge is 0.494 e. The molecule has 2 fully saturated rings. The molecular formula is C19H28BNO5. The molecule has 0 unspecified atom stereocenters. The van der Waals surface area contributed by atoms with Gasteiger partial charge in [-0.25, -0.2) is 0 Å². The third kappa shape index (κ3) is 4.39. The normalized spacial score (nSPS) is 22.2. The van der Waals surface area contributed by atoms with Gasteiger partial charge in [0.2, 0.25) is 0 Å². The Morgan fingerprint density at radius 1 is 1.12 bits per heavy atom. The molecule has 2 aliphatic heterocycles. The minimum absolute atomic E-state index is 0.00714. The molecule has 1 N–H and O–H groups in total. The summed E-state index contributed by atoms with van der Waals surface area (Å²) in [6, 6.07) is 7.68. The summed E-state index contributed by atoms with van der Waals surface area (Å²) in [6.45, 7) is 9.53. The molecule has 0 atom stereocenters. The lowest BCUT2D eigenvalue weighted by Gasteiger charge is -2.32. The predicted octanol–water partition coefficient (Wildman–Crippen LogP) is 1.66. The second kappa shape index (κ2) is 7.58. The average molecular weight is 361 g/mol. The van der Waals surface area contributed by atoms with Gasteiger partial charge in [0.25, 0.3) is 5.91 Å². The van der Waals surface area contributed by atoms with Crippen molar-refractivity contribution < 1.29 is 23.6 Å². The molecule has 0 spiro atoms. The van der Waals surface area contributed by atoms with Crippen LogP contribution in [-0.2, 0) is 18.8 Å². The summed E-state index contributed by atoms with van der Waals surface area (Å²) < 4.78 is 22.9. The van der Waals surface area contributed by atoms with Crippen LogP contribution in [0, 0.1) is 0 Å². The van der Waals surface area contributed by atoms with Gasteiger partial charge >= 0.3 is 7.12 Å². The van der Waals surface area contributed by atoms with Crippen molar-refractivity contribution in [3.05, 3.63) is 24.3 Å². The molecule has 1 amide bonds. The van der Waals surface area contributed by atoms with E-state index in [0.717, 1.165) is 18.3 Å². The number of nitrogens with one attached hydrogen (secondary N) is 1. The zero-order chi connectivity index (χ0) is 18.8. The molecule has 26 heavy (non-hydrogen) atoms. The van der Waals surface area contributed by atoms with Crippen molar-refractivity contribution in [1.82, 2.24) is 5.32 Å². The second-order valence-corrected chi connectivity index (χ2v) is 7.90. The van der Waals surface area contributed by atoms with E-state index in [2.05, 4.69) is 5.32 Å². The maximum atomic E-state index is 12.0. The Morgan fingerprint density at radius 2 is 1.69 bits per heavy atom. The summed E-state index contributed by atoms with van der Waals surface area (Å²) in [5, 5.41) is 2.98. The Balaban J connectivity index is 1.49. The van der Waals surface area contributed by atoms with Crippen molar-refractivity contribution >= 4 is 18.5 Å². The molecule has 7 heteroatoms. The fourth-order valence-corrected chi connectivity index (χ4v) is 2.96. The van der Waals surface area contributed by atoms with Crippen LogP contribution in [0.3, 0.4) is 0 Å². The van der Waals surface area contributed by atoms with E-state index in [0.29, 0.717) is 19.0 Å². The van der Waals surface area contributed by atoms with Crippen LogP contribution in [0.1, 0.15) is 40.5 Å². The molecule has 6 nitrogen and oxygen atoms in total. The first-order valence-electron chi connectivity index (χ1n) is 9.22. The van der Waals surface area contributed by atoms with Gasteiger partial charge in [0.1, 0.15) is 5.75 Å². The highest BCUT2D eigenvalue weighted by molar-refractivity contribution is 6.62. The van der Waals surface area contributed by atoms with Crippen LogP contribution in [0.2, 0.25) is 0 Å². The number of amides is 1. The van der Waals surface area contributed by atoms with E-state index in [9.17, 15) is 4.79 Å². The molecule has 0 aliphatic carbocycles. The van der Waals surface area contributed by atoms with Gasteiger partial charge in [-0.1, -0.05) is 12.1 Å². The molecular weight excluding hydrogens is 333 g/mol. The van der Waals surface area contributed by atoms with Crippen LogP contribution in [0.5, 0.6) is 5.75 Å². The Labute approximate surface area is 155 Å². The summed E-state index contributed by atoms with van der Waals surface area (Å²) in [5.74, 6) is 0.541. The van der Waals surface area contributed by atoms with Crippen LogP contribution < -0.4 is 15.5 Å². The summed E-state index contributed by atoms with van der Waals surface area (Å²) >= 11 is 0. The van der Waals surface area contributed by atoms with Crippen LogP contribution in [0.4, 0.5) is 0 Å². The number of carbonyl (C=O) groups excluding carboxylic acids is 1. The summed E-state index contributed by atoms with van der Waals surface area (Å²) in [5.41, 5.74) is 0.201. The van der Waals surface area contributed by atoms with E-state index in [-0.39, 0.29) is 29.8 Å². The summed E-state index contributed by atoms with van der Waals surface area (Å²) in [7, 11) is -0.397. The third-order valence-corrected chi connectivity index (χ3v) is 5.36. The molecule has 0 bridgehead atoms. The number of ether oxygens (including phenoxy) is 2. The van der Waals surface area contributed by atoms with Crippen molar-refractivity contribution in [2.75, 3.05) is 19.8 Å². The number of rotatable bonds is 5. The number of hydrogen-bond acceptors (Lipinski definition) is 5. The van der Waals surface area contributed by atoms with E-state index in [1.807, 2.05) is 52.0 Å². The van der Waals surface area contributed by atoms with Gasteiger partial charge in [-0.05, 0) is 58.1 Å². The van der Waals surface area contributed by atoms with Crippen molar-refractivity contribution in [3.63, 3.8) is 0 Å². The smallest absolute Gasteiger partial charge is 0.484 e. The Hall–Kier alpha value is -1.57. The fourth-order valence-electron chi connectivity index (χ4n) is 2.96. The van der Waals surface area contributed by atoms with Crippen molar-refractivity contribution in [2.45, 2.75) is 57.8 Å². The summed E-state index contributed by atoms with van der Waals surface area (Å²) in [4.78, 5) is 12.0. The number of carbonyl (C=O) groups is 1. The first-order valence-corrected chi connectivity index (χ1v) is 9.22. The van der Waals surface area contributed by atoms with E-state index < -0.39 is 7.12 Å². The fraction of sp³-hybridized carbons (Fsp3) is 0.632. The van der Waals surface area contributed by atoms with Crippen molar-refractivity contribution in [3.8, 4) is 5.75 Å². The van der Waals surface area contributed by atoms with E-state index in [1.54, 1.807) is 0 Å². The first kappa shape index (κ1) is 19.2. The minimum atomic E-state index is -0.397. The molecule has 0 aromatic heterocycles. The lowest BCUT2D eigenvalue weighted by atomic mass is 9.79. The van der Waals surface area contributed by atoms with Crippen LogP contribution in [0.25, 0.3) is 0 Å². The molecule has 1 aromatic rings. The van der Waals surface area contributed by atoms with Gasteiger partial charge in [-0.15, -0.1) is 0 Å². The minimum Gasteiger partial charge on any atom is -0.484 e. The van der Waals surface area contributed by atoms with E-state index in [1.165, 1.54) is 0 Å². The predicted molar refractivity (Wildman–Crippen MR) is 99.6 cm³/mol. The molecule has 0 saturated carbocycles. The van der Waals surface area contributed by atoms with E-state index in [4.69, 9.17) is 18.8 Å². The maximum Gasteiger partial charge on any atom is 0.494 e. The lowest BCUT2D eigenvalue weighted by Crippen LogP contribution is -2.41. The standard InChI is InChI=1S/C19H28BNO5/c1-18(2)19(3,4)26-20(25-18)14-5-7-16(8-6-14)24-13-17(22)21-15-9-11-23-12-10-15/h5-8,15H,9-13H2,1-4H3,(H,21,22). The first-order chi connectivity index (χ1) is 12.3. The molecule has 2 saturated heterocycles. The van der Waals surface area contributed by atoms with Gasteiger partial charge in [-0.2, -0.15) is 0 Å². The van der Waals surface area contributed by atoms with Crippen LogP contribution in [0.15, 0.2) is 24.3 Å². The highest BCUT2D eigenvalue weighted by Gasteiger charge is 2.51. The molecule has 1 aromatic carbocycles. The third-order valence-electron chi connectivity index (χ3n) is 5.36. The quantitative estimate of drug-likeness (QED) is 0.808. The van der Waals surface area contributed by atoms with Gasteiger partial charge in [0.15, 0.2) is 6.61 Å². The average Bonchev–Trinajstić information content (AvgIpc) is 2.82. The highest BCUT2D eigenvalue weighted by atomic mass is 16.7. The SMILES string of the molecule is CC1(C)OB(c2ccc(OCC(=O)NC3CCOCC3)cc2)OC1(C)C. The molecule has 2 heterocycles. The van der Waals surface area contributed by atoms with Crippen molar-refractivity contribution in [2.24, 2.45) is 0 Å². The Kier molecular flexibility index (Phi) is 5.60. The Bertz CT molecular complexity index is 609. The van der Waals surface area contributed by atoms with E-state index >= 15 is 0 Å². The molecule has 142 valence electrons. The topological polar surface area (TPSA) is 66.0 Å². The van der Waals surface area contributed by atoms with Crippen LogP contribution in [-0.4, -0.2) is 50.1 Å². The van der Waals surface area contributed by atoms with Gasteiger partial charge in [-0.3, -0.25) is 4.79 Å². The lowest BCUT2D eigenvalue weighted by molar-refractivity contribution is -0.124. The molecule has 0 radical (unpaired) electrons. The number of hydrogen-bond donors (Lipinski definition) is 1. The van der Waals surface area contributed by atoms with Crippen molar-refractivity contribution in [1.29, 1.82) is 0 Å². The summed E-state index contributed by atoms with van der Waals surface area (Å²) in [6.07, 6.45) is 1.71. The zero-order valence-corrected chi connectivity index (χ0v) is 16.0. The van der Waals surface area contributed by atoms with Crippen LogP contribution >= 0.6 is 0 Å². The monoisotopic (exact) mass is 361 g/mol. The Morgan fingerprint density at radius 3 is 2.27 bits per heavy atom. The second-order valence-electron chi connectivity index (χ2n) is 7.90. The maximum absolute atomic E-state index is 12.0. The van der Waals surface area contributed by atoms with Gasteiger partial charge < -0.3 is 24.1 Å². The van der Waals surface area contributed by atoms with Gasteiger partial charge in [0.05, 0.1) is 11.2 Å². The molecule has 3 rings (SSSR count). The molecule has 2 aliphatic rings.